The molecule has 0 radical (unpaired) electrons. The van der Waals surface area contributed by atoms with Crippen LogP contribution in [-0.4, -0.2) is 17.5 Å². The molecule has 0 aliphatic rings. The van der Waals surface area contributed by atoms with Crippen molar-refractivity contribution in [3.05, 3.63) is 64.5 Å². The molecule has 164 valence electrons. The number of ether oxygens (including phenoxy) is 1. The highest BCUT2D eigenvalue weighted by atomic mass is 32.1. The Morgan fingerprint density at radius 3 is 2.39 bits per heavy atom. The van der Waals surface area contributed by atoms with Crippen molar-refractivity contribution in [2.45, 2.75) is 59.3 Å². The predicted molar refractivity (Wildman–Crippen MR) is 130 cm³/mol. The molecule has 1 amide bonds. The molecule has 0 bridgehead atoms. The van der Waals surface area contributed by atoms with Crippen LogP contribution in [0.4, 0.5) is 5.13 Å². The number of carbonyl (C=O) groups is 1. The Hall–Kier alpha value is -2.66. The third-order valence-electron chi connectivity index (χ3n) is 5.70. The molecule has 1 N–H and O–H groups in total. The van der Waals surface area contributed by atoms with Gasteiger partial charge in [-0.3, -0.25) is 4.79 Å². The van der Waals surface area contributed by atoms with Crippen LogP contribution in [0.25, 0.3) is 11.3 Å². The first kappa shape index (κ1) is 23.0. The molecular formula is C26H32N2O2S. The second kappa shape index (κ2) is 10.1. The Morgan fingerprint density at radius 2 is 1.74 bits per heavy atom. The number of benzene rings is 2. The first-order chi connectivity index (χ1) is 14.8. The number of carbonyl (C=O) groups excluding carboxylic acids is 1. The second-order valence-corrected chi connectivity index (χ2v) is 9.76. The lowest BCUT2D eigenvalue weighted by molar-refractivity contribution is -0.116. The third kappa shape index (κ3) is 6.17. The molecule has 4 nitrogen and oxygen atoms in total. The molecule has 0 atom stereocenters. The van der Waals surface area contributed by atoms with Gasteiger partial charge in [0.1, 0.15) is 5.75 Å². The Morgan fingerprint density at radius 1 is 1.06 bits per heavy atom. The van der Waals surface area contributed by atoms with Gasteiger partial charge in [-0.1, -0.05) is 62.7 Å². The van der Waals surface area contributed by atoms with Crippen molar-refractivity contribution in [2.24, 2.45) is 0 Å². The van der Waals surface area contributed by atoms with Gasteiger partial charge in [0.15, 0.2) is 5.13 Å². The fourth-order valence-electron chi connectivity index (χ4n) is 3.24. The highest BCUT2D eigenvalue weighted by Gasteiger charge is 2.17. The van der Waals surface area contributed by atoms with Gasteiger partial charge in [-0.2, -0.15) is 0 Å². The number of hydrogen-bond donors (Lipinski definition) is 1. The molecule has 2 aromatic carbocycles. The summed E-state index contributed by atoms with van der Waals surface area (Å²) in [6.45, 7) is 11.3. The van der Waals surface area contributed by atoms with Crippen molar-refractivity contribution in [1.29, 1.82) is 0 Å². The van der Waals surface area contributed by atoms with Crippen LogP contribution in [0.1, 0.15) is 56.0 Å². The zero-order valence-corrected chi connectivity index (χ0v) is 19.9. The molecule has 0 fully saturated rings. The van der Waals surface area contributed by atoms with E-state index in [4.69, 9.17) is 4.74 Å². The van der Waals surface area contributed by atoms with Gasteiger partial charge in [-0.25, -0.2) is 4.98 Å². The molecular weight excluding hydrogens is 404 g/mol. The van der Waals surface area contributed by atoms with Crippen molar-refractivity contribution in [1.82, 2.24) is 4.98 Å². The molecule has 1 heterocycles. The number of aryl methyl sites for hydroxylation is 2. The largest absolute Gasteiger partial charge is 0.494 e. The average molecular weight is 437 g/mol. The molecule has 0 saturated heterocycles. The van der Waals surface area contributed by atoms with Crippen LogP contribution in [0.2, 0.25) is 0 Å². The maximum Gasteiger partial charge on any atom is 0.226 e. The summed E-state index contributed by atoms with van der Waals surface area (Å²) in [6, 6.07) is 16.6. The number of aromatic nitrogens is 1. The molecule has 0 aliphatic heterocycles. The van der Waals surface area contributed by atoms with E-state index in [2.05, 4.69) is 74.4 Å². The molecule has 3 rings (SSSR count). The van der Waals surface area contributed by atoms with Gasteiger partial charge < -0.3 is 10.1 Å². The minimum absolute atomic E-state index is 0.0344. The van der Waals surface area contributed by atoms with Crippen LogP contribution in [0.5, 0.6) is 5.75 Å². The normalized spacial score (nSPS) is 11.4. The fraction of sp³-hybridized carbons (Fsp3) is 0.385. The van der Waals surface area contributed by atoms with Crippen LogP contribution < -0.4 is 10.1 Å². The summed E-state index contributed by atoms with van der Waals surface area (Å²) in [5.41, 5.74) is 4.70. The third-order valence-corrected chi connectivity index (χ3v) is 6.59. The summed E-state index contributed by atoms with van der Waals surface area (Å²) < 4.78 is 5.81. The van der Waals surface area contributed by atoms with Crippen LogP contribution in [0.15, 0.2) is 48.5 Å². The van der Waals surface area contributed by atoms with Crippen molar-refractivity contribution in [2.75, 3.05) is 11.9 Å². The van der Waals surface area contributed by atoms with Gasteiger partial charge in [0.25, 0.3) is 0 Å². The number of anilines is 1. The fourth-order valence-corrected chi connectivity index (χ4v) is 4.09. The van der Waals surface area contributed by atoms with Crippen molar-refractivity contribution >= 4 is 22.4 Å². The monoisotopic (exact) mass is 436 g/mol. The van der Waals surface area contributed by atoms with E-state index in [9.17, 15) is 4.79 Å². The van der Waals surface area contributed by atoms with E-state index in [1.54, 1.807) is 0 Å². The summed E-state index contributed by atoms with van der Waals surface area (Å²) >= 11 is 1.51. The number of nitrogens with zero attached hydrogens (tertiary/aromatic N) is 1. The van der Waals surface area contributed by atoms with Crippen LogP contribution in [0.3, 0.4) is 0 Å². The van der Waals surface area contributed by atoms with E-state index in [0.29, 0.717) is 24.6 Å². The average Bonchev–Trinajstić information content (AvgIpc) is 3.12. The zero-order chi connectivity index (χ0) is 22.4. The van der Waals surface area contributed by atoms with Gasteiger partial charge >= 0.3 is 0 Å². The van der Waals surface area contributed by atoms with E-state index >= 15 is 0 Å². The maximum absolute atomic E-state index is 12.3. The quantitative estimate of drug-likeness (QED) is 0.371. The Balaban J connectivity index is 1.46. The molecule has 5 heteroatoms. The molecule has 0 spiro atoms. The SMILES string of the molecule is CCC(C)(C)c1ccc(OCCCC(=O)Nc2nc(-c3ccc(C)cc3)c(C)s2)cc1. The Labute approximate surface area is 189 Å². The summed E-state index contributed by atoms with van der Waals surface area (Å²) in [5, 5.41) is 3.57. The van der Waals surface area contributed by atoms with Gasteiger partial charge in [0, 0.05) is 16.9 Å². The molecule has 3 aromatic rings. The smallest absolute Gasteiger partial charge is 0.226 e. The number of hydrogen-bond acceptors (Lipinski definition) is 4. The minimum atomic E-state index is -0.0344. The van der Waals surface area contributed by atoms with E-state index in [-0.39, 0.29) is 11.3 Å². The minimum Gasteiger partial charge on any atom is -0.494 e. The standard InChI is InChI=1S/C26H32N2O2S/c1-6-26(4,5)21-13-15-22(16-14-21)30-17-7-8-23(29)27-25-28-24(19(3)31-25)20-11-9-18(2)10-12-20/h9-16H,6-8,17H2,1-5H3,(H,27,28,29). The first-order valence-corrected chi connectivity index (χ1v) is 11.7. The second-order valence-electron chi connectivity index (χ2n) is 8.55. The lowest BCUT2D eigenvalue weighted by Crippen LogP contribution is -2.15. The van der Waals surface area contributed by atoms with Crippen molar-refractivity contribution in [3.63, 3.8) is 0 Å². The molecule has 1 aromatic heterocycles. The molecule has 0 aliphatic carbocycles. The Kier molecular flexibility index (Phi) is 7.50. The van der Waals surface area contributed by atoms with Crippen LogP contribution in [0, 0.1) is 13.8 Å². The van der Waals surface area contributed by atoms with Crippen molar-refractivity contribution < 1.29 is 9.53 Å². The van der Waals surface area contributed by atoms with Gasteiger partial charge in [0.05, 0.1) is 12.3 Å². The van der Waals surface area contributed by atoms with E-state index < -0.39 is 0 Å². The van der Waals surface area contributed by atoms with E-state index in [1.807, 2.05) is 19.1 Å². The molecule has 0 unspecified atom stereocenters. The van der Waals surface area contributed by atoms with E-state index in [1.165, 1.54) is 22.5 Å². The van der Waals surface area contributed by atoms with Crippen LogP contribution in [-0.2, 0) is 10.2 Å². The molecule has 0 saturated carbocycles. The Bertz CT molecular complexity index is 1000. The lowest BCUT2D eigenvalue weighted by Gasteiger charge is -2.23. The van der Waals surface area contributed by atoms with E-state index in [0.717, 1.165) is 28.3 Å². The maximum atomic E-state index is 12.3. The lowest BCUT2D eigenvalue weighted by atomic mass is 9.82. The molecule has 31 heavy (non-hydrogen) atoms. The number of amides is 1. The first-order valence-electron chi connectivity index (χ1n) is 10.9. The topological polar surface area (TPSA) is 51.2 Å². The highest BCUT2D eigenvalue weighted by Crippen LogP contribution is 2.31. The highest BCUT2D eigenvalue weighted by molar-refractivity contribution is 7.16. The summed E-state index contributed by atoms with van der Waals surface area (Å²) in [6.07, 6.45) is 2.15. The van der Waals surface area contributed by atoms with Gasteiger partial charge in [-0.15, -0.1) is 11.3 Å². The number of thiazole rings is 1. The number of nitrogens with one attached hydrogen (secondary N) is 1. The number of rotatable bonds is 9. The van der Waals surface area contributed by atoms with Crippen LogP contribution >= 0.6 is 11.3 Å². The summed E-state index contributed by atoms with van der Waals surface area (Å²) in [7, 11) is 0. The van der Waals surface area contributed by atoms with Gasteiger partial charge in [0.2, 0.25) is 5.91 Å². The van der Waals surface area contributed by atoms with Gasteiger partial charge in [-0.05, 0) is 49.8 Å². The summed E-state index contributed by atoms with van der Waals surface area (Å²) in [5.74, 6) is 0.808. The summed E-state index contributed by atoms with van der Waals surface area (Å²) in [4.78, 5) is 18.0. The predicted octanol–water partition coefficient (Wildman–Crippen LogP) is 6.91. The van der Waals surface area contributed by atoms with Crippen molar-refractivity contribution in [3.8, 4) is 17.0 Å². The zero-order valence-electron chi connectivity index (χ0n) is 19.1.